The lowest BCUT2D eigenvalue weighted by Crippen LogP contribution is -2.26. The van der Waals surface area contributed by atoms with Crippen molar-refractivity contribution < 1.29 is 23.9 Å². The van der Waals surface area contributed by atoms with Gasteiger partial charge in [-0.3, -0.25) is 10.0 Å². The molecule has 1 aliphatic heterocycles. The number of rotatable bonds is 7. The van der Waals surface area contributed by atoms with E-state index in [4.69, 9.17) is 14.7 Å². The highest BCUT2D eigenvalue weighted by molar-refractivity contribution is 5.93. The van der Waals surface area contributed by atoms with Gasteiger partial charge in [0, 0.05) is 23.7 Å². The summed E-state index contributed by atoms with van der Waals surface area (Å²) in [6.07, 6.45) is 4.60. The number of hydroxylamine groups is 1. The molecule has 0 spiro atoms. The minimum absolute atomic E-state index is 0.240. The quantitative estimate of drug-likeness (QED) is 0.489. The summed E-state index contributed by atoms with van der Waals surface area (Å²) in [6, 6.07) is 11.6. The van der Waals surface area contributed by atoms with Crippen LogP contribution in [0.2, 0.25) is 0 Å². The van der Waals surface area contributed by atoms with Crippen molar-refractivity contribution in [1.29, 1.82) is 0 Å². The first-order valence-corrected chi connectivity index (χ1v) is 9.96. The summed E-state index contributed by atoms with van der Waals surface area (Å²) in [4.78, 5) is 13.4. The summed E-state index contributed by atoms with van der Waals surface area (Å²) >= 11 is 0. The zero-order valence-electron chi connectivity index (χ0n) is 17.5. The van der Waals surface area contributed by atoms with Gasteiger partial charge in [-0.1, -0.05) is 31.7 Å². The molecule has 2 aromatic rings. The molecule has 6 nitrogen and oxygen atoms in total. The molecule has 0 fully saturated rings. The summed E-state index contributed by atoms with van der Waals surface area (Å²) in [5.41, 5.74) is 3.69. The fourth-order valence-electron chi connectivity index (χ4n) is 3.35. The van der Waals surface area contributed by atoms with Gasteiger partial charge >= 0.3 is 0 Å². The van der Waals surface area contributed by atoms with E-state index in [0.717, 1.165) is 34.5 Å². The number of hydrogen-bond acceptors (Lipinski definition) is 5. The molecule has 0 atom stereocenters. The SMILES string of the molecule is C=C1c2ccccc2OC(CC)=C(/C=C\C)N1CCOc1ccc(C(=O)NO)c(F)c1. The third-order valence-electron chi connectivity index (χ3n) is 4.85. The van der Waals surface area contributed by atoms with Crippen molar-refractivity contribution in [3.05, 3.63) is 89.6 Å². The number of amides is 1. The number of halogens is 1. The summed E-state index contributed by atoms with van der Waals surface area (Å²) in [6.45, 7) is 8.92. The Bertz CT molecular complexity index is 1050. The van der Waals surface area contributed by atoms with E-state index in [1.54, 1.807) is 0 Å². The van der Waals surface area contributed by atoms with Crippen molar-refractivity contribution >= 4 is 11.6 Å². The van der Waals surface area contributed by atoms with Crippen LogP contribution in [-0.4, -0.2) is 29.2 Å². The summed E-state index contributed by atoms with van der Waals surface area (Å²) in [7, 11) is 0. The van der Waals surface area contributed by atoms with Gasteiger partial charge in [0.1, 0.15) is 29.7 Å². The van der Waals surface area contributed by atoms with Crippen LogP contribution in [-0.2, 0) is 0 Å². The molecular formula is C24H25FN2O4. The molecule has 1 heterocycles. The van der Waals surface area contributed by atoms with E-state index >= 15 is 0 Å². The van der Waals surface area contributed by atoms with Gasteiger partial charge in [0.2, 0.25) is 0 Å². The van der Waals surface area contributed by atoms with Crippen molar-refractivity contribution in [3.8, 4) is 11.5 Å². The van der Waals surface area contributed by atoms with E-state index in [-0.39, 0.29) is 17.9 Å². The first-order chi connectivity index (χ1) is 15.0. The predicted octanol–water partition coefficient (Wildman–Crippen LogP) is 4.89. The third kappa shape index (κ3) is 4.78. The fourth-order valence-corrected chi connectivity index (χ4v) is 3.35. The molecule has 0 radical (unpaired) electrons. The molecule has 2 N–H and O–H groups in total. The average molecular weight is 424 g/mol. The highest BCUT2D eigenvalue weighted by Crippen LogP contribution is 2.36. The lowest BCUT2D eigenvalue weighted by molar-refractivity contribution is 0.0701. The highest BCUT2D eigenvalue weighted by atomic mass is 19.1. The molecule has 2 aromatic carbocycles. The first kappa shape index (κ1) is 22.1. The predicted molar refractivity (Wildman–Crippen MR) is 116 cm³/mol. The molecule has 7 heteroatoms. The van der Waals surface area contributed by atoms with E-state index in [9.17, 15) is 9.18 Å². The van der Waals surface area contributed by atoms with Crippen molar-refractivity contribution in [2.75, 3.05) is 13.2 Å². The van der Waals surface area contributed by atoms with E-state index in [0.29, 0.717) is 13.0 Å². The molecule has 31 heavy (non-hydrogen) atoms. The molecule has 0 unspecified atom stereocenters. The Hall–Kier alpha value is -3.58. The Morgan fingerprint density at radius 2 is 2.10 bits per heavy atom. The summed E-state index contributed by atoms with van der Waals surface area (Å²) in [5, 5.41) is 8.66. The standard InChI is InChI=1S/C24H25FN2O4/c1-4-8-21-22(5-2)31-23-10-7-6-9-18(23)16(3)27(21)13-14-30-17-11-12-19(20(25)15-17)24(28)26-29/h4,6-12,15,29H,3,5,13-14H2,1-2H3,(H,26,28)/b8-4-. The molecular weight excluding hydrogens is 399 g/mol. The first-order valence-electron chi connectivity index (χ1n) is 9.96. The number of allylic oxidation sites excluding steroid dienone is 3. The molecule has 0 saturated heterocycles. The van der Waals surface area contributed by atoms with E-state index in [1.165, 1.54) is 17.6 Å². The van der Waals surface area contributed by atoms with Crippen molar-refractivity contribution in [1.82, 2.24) is 10.4 Å². The fraction of sp³-hybridized carbons (Fsp3) is 0.208. The lowest BCUT2D eigenvalue weighted by atomic mass is 10.1. The second-order valence-corrected chi connectivity index (χ2v) is 6.79. The van der Waals surface area contributed by atoms with Gasteiger partial charge in [-0.05, 0) is 37.3 Å². The minimum atomic E-state index is -0.920. The van der Waals surface area contributed by atoms with Crippen molar-refractivity contribution in [3.63, 3.8) is 0 Å². The van der Waals surface area contributed by atoms with E-state index in [2.05, 4.69) is 6.58 Å². The molecule has 1 aliphatic rings. The normalized spacial score (nSPS) is 13.7. The van der Waals surface area contributed by atoms with Crippen LogP contribution >= 0.6 is 0 Å². The van der Waals surface area contributed by atoms with Gasteiger partial charge < -0.3 is 14.4 Å². The zero-order valence-corrected chi connectivity index (χ0v) is 17.5. The monoisotopic (exact) mass is 424 g/mol. The molecule has 0 bridgehead atoms. The number of fused-ring (bicyclic) bond motifs is 1. The van der Waals surface area contributed by atoms with Crippen LogP contribution in [0.25, 0.3) is 5.70 Å². The van der Waals surface area contributed by atoms with Crippen LogP contribution in [0.15, 0.2) is 72.7 Å². The lowest BCUT2D eigenvalue weighted by Gasteiger charge is -2.27. The Balaban J connectivity index is 1.82. The molecule has 0 aromatic heterocycles. The van der Waals surface area contributed by atoms with Crippen LogP contribution < -0.4 is 15.0 Å². The number of carbonyl (C=O) groups excluding carboxylic acids is 1. The largest absolute Gasteiger partial charge is 0.492 e. The maximum Gasteiger partial charge on any atom is 0.277 e. The van der Waals surface area contributed by atoms with E-state index in [1.807, 2.05) is 55.2 Å². The molecule has 162 valence electrons. The van der Waals surface area contributed by atoms with Crippen molar-refractivity contribution in [2.24, 2.45) is 0 Å². The zero-order chi connectivity index (χ0) is 22.4. The maximum absolute atomic E-state index is 14.1. The van der Waals surface area contributed by atoms with Crippen LogP contribution in [0, 0.1) is 5.82 Å². The number of carbonyl (C=O) groups is 1. The number of benzene rings is 2. The number of nitrogens with one attached hydrogen (secondary N) is 1. The Labute approximate surface area is 180 Å². The maximum atomic E-state index is 14.1. The van der Waals surface area contributed by atoms with Gasteiger partial charge in [0.25, 0.3) is 5.91 Å². The van der Waals surface area contributed by atoms with Gasteiger partial charge in [0.15, 0.2) is 0 Å². The molecule has 0 aliphatic carbocycles. The molecule has 0 saturated carbocycles. The number of ether oxygens (including phenoxy) is 2. The third-order valence-corrected chi connectivity index (χ3v) is 4.85. The number of nitrogens with zero attached hydrogens (tertiary/aromatic N) is 1. The Kier molecular flexibility index (Phi) is 7.10. The molecule has 1 amide bonds. The summed E-state index contributed by atoms with van der Waals surface area (Å²) in [5.74, 6) is 0.130. The Morgan fingerprint density at radius 3 is 2.77 bits per heavy atom. The average Bonchev–Trinajstić information content (AvgIpc) is 2.89. The number of hydrogen-bond donors (Lipinski definition) is 2. The smallest absolute Gasteiger partial charge is 0.277 e. The van der Waals surface area contributed by atoms with Crippen LogP contribution in [0.4, 0.5) is 4.39 Å². The summed E-state index contributed by atoms with van der Waals surface area (Å²) < 4.78 is 26.0. The van der Waals surface area contributed by atoms with Gasteiger partial charge in [-0.25, -0.2) is 9.87 Å². The minimum Gasteiger partial charge on any atom is -0.492 e. The van der Waals surface area contributed by atoms with Crippen LogP contribution in [0.5, 0.6) is 11.5 Å². The van der Waals surface area contributed by atoms with Gasteiger partial charge in [-0.2, -0.15) is 0 Å². The van der Waals surface area contributed by atoms with Crippen LogP contribution in [0.3, 0.4) is 0 Å². The van der Waals surface area contributed by atoms with E-state index < -0.39 is 11.7 Å². The topological polar surface area (TPSA) is 71.0 Å². The molecule has 3 rings (SSSR count). The van der Waals surface area contributed by atoms with Gasteiger partial charge in [0.05, 0.1) is 17.8 Å². The second-order valence-electron chi connectivity index (χ2n) is 6.79. The highest BCUT2D eigenvalue weighted by Gasteiger charge is 2.24. The van der Waals surface area contributed by atoms with Crippen molar-refractivity contribution in [2.45, 2.75) is 20.3 Å². The second kappa shape index (κ2) is 9.95. The van der Waals surface area contributed by atoms with Crippen LogP contribution in [0.1, 0.15) is 36.2 Å². The van der Waals surface area contributed by atoms with Gasteiger partial charge in [-0.15, -0.1) is 0 Å². The Morgan fingerprint density at radius 1 is 1.32 bits per heavy atom. The number of para-hydroxylation sites is 1.